The Morgan fingerprint density at radius 1 is 1.30 bits per heavy atom. The fourth-order valence-electron chi connectivity index (χ4n) is 2.87. The molecule has 0 aliphatic carbocycles. The number of carbonyl (C=O) groups excluding carboxylic acids is 1. The first-order valence-electron chi connectivity index (χ1n) is 7.97. The molecule has 2 aromatic rings. The number of β-amino-alcohol motifs (C(OH)–C–C–N with tert-alkyl or cyclic N) is 1. The van der Waals surface area contributed by atoms with Crippen molar-refractivity contribution in [2.45, 2.75) is 25.5 Å². The molecule has 3 unspecified atom stereocenters. The number of urea groups is 1. The third kappa shape index (κ3) is 3.56. The van der Waals surface area contributed by atoms with E-state index in [0.717, 1.165) is 12.0 Å². The van der Waals surface area contributed by atoms with E-state index < -0.39 is 6.10 Å². The number of aliphatic hydroxyl groups is 1. The van der Waals surface area contributed by atoms with Crippen LogP contribution in [0.25, 0.3) is 0 Å². The number of likely N-dealkylation sites (tertiary alicyclic amines) is 1. The summed E-state index contributed by atoms with van der Waals surface area (Å²) in [7, 11) is 0. The maximum atomic E-state index is 12.6. The second kappa shape index (κ2) is 6.87. The second-order valence-electron chi connectivity index (χ2n) is 6.09. The molecule has 2 N–H and O–H groups in total. The smallest absolute Gasteiger partial charge is 0.318 e. The monoisotopic (exact) mass is 314 g/mol. The summed E-state index contributed by atoms with van der Waals surface area (Å²) in [4.78, 5) is 14.3. The van der Waals surface area contributed by atoms with Crippen molar-refractivity contribution >= 4 is 6.03 Å². The predicted molar refractivity (Wildman–Crippen MR) is 86.9 cm³/mol. The average molecular weight is 314 g/mol. The molecule has 1 aliphatic rings. The molecule has 2 heterocycles. The lowest BCUT2D eigenvalue weighted by molar-refractivity contribution is 0.0431. The molecule has 23 heavy (non-hydrogen) atoms. The topological polar surface area (TPSA) is 65.7 Å². The number of piperidine rings is 1. The molecule has 1 saturated heterocycles. The van der Waals surface area contributed by atoms with E-state index in [9.17, 15) is 9.90 Å². The van der Waals surface area contributed by atoms with Crippen LogP contribution < -0.4 is 5.32 Å². The van der Waals surface area contributed by atoms with Crippen molar-refractivity contribution in [3.63, 3.8) is 0 Å². The third-order valence-electron chi connectivity index (χ3n) is 4.43. The number of amides is 2. The Balaban J connectivity index is 1.75. The molecular formula is C18H22N2O3. The van der Waals surface area contributed by atoms with E-state index in [4.69, 9.17) is 4.42 Å². The number of nitrogens with zero attached hydrogens (tertiary/aromatic N) is 1. The Labute approximate surface area is 135 Å². The quantitative estimate of drug-likeness (QED) is 0.915. The van der Waals surface area contributed by atoms with E-state index >= 15 is 0 Å². The van der Waals surface area contributed by atoms with Gasteiger partial charge in [0.15, 0.2) is 0 Å². The van der Waals surface area contributed by atoms with Gasteiger partial charge in [-0.1, -0.05) is 37.3 Å². The van der Waals surface area contributed by atoms with Crippen LogP contribution in [0.15, 0.2) is 53.1 Å². The van der Waals surface area contributed by atoms with Crippen molar-refractivity contribution < 1.29 is 14.3 Å². The number of hydrogen-bond donors (Lipinski definition) is 2. The van der Waals surface area contributed by atoms with Crippen LogP contribution in [0, 0.1) is 5.92 Å². The van der Waals surface area contributed by atoms with Gasteiger partial charge >= 0.3 is 6.03 Å². The van der Waals surface area contributed by atoms with E-state index in [1.54, 1.807) is 11.2 Å². The highest BCUT2D eigenvalue weighted by Gasteiger charge is 2.29. The minimum atomic E-state index is -0.465. The van der Waals surface area contributed by atoms with Crippen LogP contribution in [-0.4, -0.2) is 35.2 Å². The summed E-state index contributed by atoms with van der Waals surface area (Å²) in [6.45, 7) is 3.03. The summed E-state index contributed by atoms with van der Waals surface area (Å²) in [5.74, 6) is 0.921. The maximum absolute atomic E-state index is 12.6. The fourth-order valence-corrected chi connectivity index (χ4v) is 2.87. The van der Waals surface area contributed by atoms with Gasteiger partial charge in [-0.2, -0.15) is 0 Å². The van der Waals surface area contributed by atoms with Gasteiger partial charge < -0.3 is 19.7 Å². The van der Waals surface area contributed by atoms with E-state index in [1.807, 2.05) is 49.4 Å². The van der Waals surface area contributed by atoms with Gasteiger partial charge in [0, 0.05) is 13.1 Å². The van der Waals surface area contributed by atoms with Crippen molar-refractivity contribution in [3.05, 3.63) is 60.1 Å². The summed E-state index contributed by atoms with van der Waals surface area (Å²) >= 11 is 0. The molecule has 0 radical (unpaired) electrons. The Morgan fingerprint density at radius 3 is 2.74 bits per heavy atom. The minimum Gasteiger partial charge on any atom is -0.467 e. The molecule has 2 amide bonds. The molecule has 1 aromatic heterocycles. The zero-order valence-corrected chi connectivity index (χ0v) is 13.2. The lowest BCUT2D eigenvalue weighted by Crippen LogP contribution is -2.50. The Morgan fingerprint density at radius 2 is 2.09 bits per heavy atom. The molecule has 5 heteroatoms. The van der Waals surface area contributed by atoms with E-state index in [2.05, 4.69) is 5.32 Å². The van der Waals surface area contributed by atoms with Crippen molar-refractivity contribution in [1.82, 2.24) is 10.2 Å². The number of carbonyl (C=O) groups is 1. The SMILES string of the molecule is CC1CCN(C(=O)NC(c2ccccc2)c2ccco2)CC1O. The molecule has 5 nitrogen and oxygen atoms in total. The molecular weight excluding hydrogens is 292 g/mol. The molecule has 1 aromatic carbocycles. The summed E-state index contributed by atoms with van der Waals surface area (Å²) in [5.41, 5.74) is 0.960. The van der Waals surface area contributed by atoms with Gasteiger partial charge in [-0.25, -0.2) is 4.79 Å². The van der Waals surface area contributed by atoms with Gasteiger partial charge in [-0.15, -0.1) is 0 Å². The maximum Gasteiger partial charge on any atom is 0.318 e. The molecule has 0 bridgehead atoms. The predicted octanol–water partition coefficient (Wildman–Crippen LogP) is 2.78. The molecule has 3 atom stereocenters. The van der Waals surface area contributed by atoms with E-state index in [-0.39, 0.29) is 18.0 Å². The molecule has 0 saturated carbocycles. The first-order chi connectivity index (χ1) is 11.1. The van der Waals surface area contributed by atoms with Crippen LogP contribution >= 0.6 is 0 Å². The molecule has 122 valence electrons. The Hall–Kier alpha value is -2.27. The van der Waals surface area contributed by atoms with Crippen molar-refractivity contribution in [2.24, 2.45) is 5.92 Å². The van der Waals surface area contributed by atoms with Gasteiger partial charge in [0.05, 0.1) is 12.4 Å². The van der Waals surface area contributed by atoms with Crippen LogP contribution in [0.5, 0.6) is 0 Å². The van der Waals surface area contributed by atoms with E-state index in [0.29, 0.717) is 18.8 Å². The lowest BCUT2D eigenvalue weighted by atomic mass is 9.96. The highest BCUT2D eigenvalue weighted by Crippen LogP contribution is 2.23. The van der Waals surface area contributed by atoms with Gasteiger partial charge in [0.25, 0.3) is 0 Å². The minimum absolute atomic E-state index is 0.179. The summed E-state index contributed by atoms with van der Waals surface area (Å²) in [6.07, 6.45) is 1.95. The Bertz CT molecular complexity index is 627. The second-order valence-corrected chi connectivity index (χ2v) is 6.09. The first-order valence-corrected chi connectivity index (χ1v) is 7.97. The van der Waals surface area contributed by atoms with E-state index in [1.165, 1.54) is 0 Å². The van der Waals surface area contributed by atoms with Crippen LogP contribution in [0.1, 0.15) is 30.7 Å². The standard InChI is InChI=1S/C18H22N2O3/c1-13-9-10-20(12-15(13)21)18(22)19-17(16-8-5-11-23-16)14-6-3-2-4-7-14/h2-8,11,13,15,17,21H,9-10,12H2,1H3,(H,19,22). The van der Waals surface area contributed by atoms with Crippen molar-refractivity contribution in [3.8, 4) is 0 Å². The van der Waals surface area contributed by atoms with Gasteiger partial charge in [-0.05, 0) is 30.0 Å². The van der Waals surface area contributed by atoms with Gasteiger partial charge in [-0.3, -0.25) is 0 Å². The highest BCUT2D eigenvalue weighted by atomic mass is 16.3. The van der Waals surface area contributed by atoms with Crippen LogP contribution in [0.2, 0.25) is 0 Å². The molecule has 3 rings (SSSR count). The summed E-state index contributed by atoms with van der Waals surface area (Å²) in [5, 5.41) is 13.0. The van der Waals surface area contributed by atoms with Crippen molar-refractivity contribution in [2.75, 3.05) is 13.1 Å². The van der Waals surface area contributed by atoms with Crippen molar-refractivity contribution in [1.29, 1.82) is 0 Å². The first kappa shape index (κ1) is 15.6. The van der Waals surface area contributed by atoms with Crippen LogP contribution in [0.4, 0.5) is 4.79 Å². The van der Waals surface area contributed by atoms with Crippen LogP contribution in [-0.2, 0) is 0 Å². The number of nitrogens with one attached hydrogen (secondary N) is 1. The molecule has 1 aliphatic heterocycles. The van der Waals surface area contributed by atoms with Gasteiger partial charge in [0.2, 0.25) is 0 Å². The number of aliphatic hydroxyl groups excluding tert-OH is 1. The fraction of sp³-hybridized carbons (Fsp3) is 0.389. The largest absolute Gasteiger partial charge is 0.467 e. The number of furan rings is 1. The third-order valence-corrected chi connectivity index (χ3v) is 4.43. The summed E-state index contributed by atoms with van der Waals surface area (Å²) in [6, 6.07) is 12.9. The number of rotatable bonds is 3. The summed E-state index contributed by atoms with van der Waals surface area (Å²) < 4.78 is 5.49. The number of hydrogen-bond acceptors (Lipinski definition) is 3. The molecule has 1 fully saturated rings. The van der Waals surface area contributed by atoms with Gasteiger partial charge in [0.1, 0.15) is 11.8 Å². The average Bonchev–Trinajstić information content (AvgIpc) is 3.10. The van der Waals surface area contributed by atoms with Crippen LogP contribution in [0.3, 0.4) is 0 Å². The highest BCUT2D eigenvalue weighted by molar-refractivity contribution is 5.75. The Kier molecular flexibility index (Phi) is 4.67. The zero-order chi connectivity index (χ0) is 16.2. The molecule has 0 spiro atoms. The number of benzene rings is 1. The lowest BCUT2D eigenvalue weighted by Gasteiger charge is -2.35. The normalized spacial score (nSPS) is 22.6. The zero-order valence-electron chi connectivity index (χ0n) is 13.2.